The molecule has 1 saturated carbocycles. The summed E-state index contributed by atoms with van der Waals surface area (Å²) < 4.78 is 5.03. The van der Waals surface area contributed by atoms with Gasteiger partial charge in [-0.2, -0.15) is 0 Å². The van der Waals surface area contributed by atoms with Crippen molar-refractivity contribution in [1.29, 1.82) is 0 Å². The molecule has 1 aliphatic carbocycles. The lowest BCUT2D eigenvalue weighted by molar-refractivity contribution is 0.191. The molecule has 0 aromatic carbocycles. The van der Waals surface area contributed by atoms with Crippen LogP contribution in [0.5, 0.6) is 0 Å². The first-order valence-corrected chi connectivity index (χ1v) is 6.07. The summed E-state index contributed by atoms with van der Waals surface area (Å²) in [7, 11) is 1.77. The van der Waals surface area contributed by atoms with Gasteiger partial charge in [-0.3, -0.25) is 0 Å². The topological polar surface area (TPSA) is 21.3 Å². The van der Waals surface area contributed by atoms with Crippen LogP contribution >= 0.6 is 0 Å². The van der Waals surface area contributed by atoms with Crippen LogP contribution in [-0.2, 0) is 4.74 Å². The van der Waals surface area contributed by atoms with E-state index >= 15 is 0 Å². The minimum atomic E-state index is 0.784. The molecule has 14 heavy (non-hydrogen) atoms. The zero-order chi connectivity index (χ0) is 10.2. The van der Waals surface area contributed by atoms with E-state index in [1.54, 1.807) is 7.11 Å². The van der Waals surface area contributed by atoms with Gasteiger partial charge in [-0.05, 0) is 38.1 Å². The second kappa shape index (κ2) is 7.24. The molecule has 84 valence electrons. The average molecular weight is 199 g/mol. The van der Waals surface area contributed by atoms with Crippen molar-refractivity contribution in [2.75, 3.05) is 20.3 Å². The zero-order valence-electron chi connectivity index (χ0n) is 9.72. The number of nitrogens with one attached hydrogen (secondary N) is 1. The van der Waals surface area contributed by atoms with Crippen LogP contribution in [0.15, 0.2) is 0 Å². The standard InChI is InChI=1S/C12H25NO/c1-11-7-3-4-8-12(11)13-9-5-6-10-14-2/h11-13H,3-10H2,1-2H3. The Kier molecular flexibility index (Phi) is 6.20. The molecule has 0 bridgehead atoms. The summed E-state index contributed by atoms with van der Waals surface area (Å²) in [5.74, 6) is 0.881. The molecule has 1 fully saturated rings. The van der Waals surface area contributed by atoms with E-state index in [2.05, 4.69) is 12.2 Å². The highest BCUT2D eigenvalue weighted by molar-refractivity contribution is 4.77. The summed E-state index contributed by atoms with van der Waals surface area (Å²) in [5.41, 5.74) is 0. The maximum atomic E-state index is 5.03. The predicted molar refractivity (Wildman–Crippen MR) is 60.5 cm³/mol. The Hall–Kier alpha value is -0.0800. The molecular weight excluding hydrogens is 174 g/mol. The van der Waals surface area contributed by atoms with E-state index in [1.807, 2.05) is 0 Å². The first-order chi connectivity index (χ1) is 6.84. The molecule has 0 heterocycles. The molecule has 0 amide bonds. The van der Waals surface area contributed by atoms with Crippen molar-refractivity contribution >= 4 is 0 Å². The quantitative estimate of drug-likeness (QED) is 0.664. The van der Waals surface area contributed by atoms with Crippen LogP contribution in [0.1, 0.15) is 45.4 Å². The fourth-order valence-corrected chi connectivity index (χ4v) is 2.28. The highest BCUT2D eigenvalue weighted by Gasteiger charge is 2.19. The highest BCUT2D eigenvalue weighted by Crippen LogP contribution is 2.23. The lowest BCUT2D eigenvalue weighted by atomic mass is 9.86. The Bertz CT molecular complexity index is 138. The minimum absolute atomic E-state index is 0.784. The SMILES string of the molecule is COCCCCNC1CCCCC1C. The molecule has 1 rings (SSSR count). The second-order valence-electron chi connectivity index (χ2n) is 4.52. The molecule has 1 aliphatic rings. The third-order valence-electron chi connectivity index (χ3n) is 3.29. The molecule has 2 atom stereocenters. The molecule has 0 aromatic rings. The normalized spacial score (nSPS) is 27.9. The third kappa shape index (κ3) is 4.43. The lowest BCUT2D eigenvalue weighted by Gasteiger charge is -2.29. The van der Waals surface area contributed by atoms with E-state index in [1.165, 1.54) is 45.1 Å². The molecule has 0 radical (unpaired) electrons. The van der Waals surface area contributed by atoms with Crippen LogP contribution < -0.4 is 5.32 Å². The summed E-state index contributed by atoms with van der Waals surface area (Å²) >= 11 is 0. The first-order valence-electron chi connectivity index (χ1n) is 6.07. The summed E-state index contributed by atoms with van der Waals surface area (Å²) in [6, 6.07) is 0.784. The van der Waals surface area contributed by atoms with Crippen molar-refractivity contribution in [3.05, 3.63) is 0 Å². The van der Waals surface area contributed by atoms with Crippen LogP contribution in [0.3, 0.4) is 0 Å². The second-order valence-corrected chi connectivity index (χ2v) is 4.52. The zero-order valence-corrected chi connectivity index (χ0v) is 9.72. The van der Waals surface area contributed by atoms with Gasteiger partial charge in [0, 0.05) is 19.8 Å². The molecule has 0 spiro atoms. The fourth-order valence-electron chi connectivity index (χ4n) is 2.28. The maximum absolute atomic E-state index is 5.03. The van der Waals surface area contributed by atoms with Gasteiger partial charge in [0.25, 0.3) is 0 Å². The van der Waals surface area contributed by atoms with E-state index in [0.717, 1.165) is 18.6 Å². The number of rotatable bonds is 6. The fraction of sp³-hybridized carbons (Fsp3) is 1.00. The van der Waals surface area contributed by atoms with Gasteiger partial charge in [-0.25, -0.2) is 0 Å². The van der Waals surface area contributed by atoms with Crippen LogP contribution in [0.2, 0.25) is 0 Å². The largest absolute Gasteiger partial charge is 0.385 e. The summed E-state index contributed by atoms with van der Waals surface area (Å²) in [6.07, 6.45) is 8.08. The van der Waals surface area contributed by atoms with Gasteiger partial charge in [0.15, 0.2) is 0 Å². The molecule has 0 aromatic heterocycles. The Morgan fingerprint density at radius 3 is 2.71 bits per heavy atom. The number of ether oxygens (including phenoxy) is 1. The number of hydrogen-bond acceptors (Lipinski definition) is 2. The number of hydrogen-bond donors (Lipinski definition) is 1. The Balaban J connectivity index is 1.99. The van der Waals surface area contributed by atoms with Crippen LogP contribution in [0.4, 0.5) is 0 Å². The van der Waals surface area contributed by atoms with Crippen molar-refractivity contribution in [1.82, 2.24) is 5.32 Å². The molecule has 2 unspecified atom stereocenters. The van der Waals surface area contributed by atoms with Crippen LogP contribution in [0, 0.1) is 5.92 Å². The van der Waals surface area contributed by atoms with Crippen molar-refractivity contribution in [3.8, 4) is 0 Å². The van der Waals surface area contributed by atoms with Crippen molar-refractivity contribution in [3.63, 3.8) is 0 Å². The number of methoxy groups -OCH3 is 1. The minimum Gasteiger partial charge on any atom is -0.385 e. The third-order valence-corrected chi connectivity index (χ3v) is 3.29. The van der Waals surface area contributed by atoms with Crippen LogP contribution in [-0.4, -0.2) is 26.3 Å². The molecule has 2 nitrogen and oxygen atoms in total. The summed E-state index contributed by atoms with van der Waals surface area (Å²) in [5, 5.41) is 3.67. The number of unbranched alkanes of at least 4 members (excludes halogenated alkanes) is 1. The van der Waals surface area contributed by atoms with Gasteiger partial charge in [0.05, 0.1) is 0 Å². The summed E-state index contributed by atoms with van der Waals surface area (Å²) in [6.45, 7) is 4.45. The monoisotopic (exact) mass is 199 g/mol. The van der Waals surface area contributed by atoms with Gasteiger partial charge in [-0.15, -0.1) is 0 Å². The van der Waals surface area contributed by atoms with Crippen molar-refractivity contribution < 1.29 is 4.74 Å². The lowest BCUT2D eigenvalue weighted by Crippen LogP contribution is -2.37. The molecule has 0 aliphatic heterocycles. The smallest absolute Gasteiger partial charge is 0.0462 e. The summed E-state index contributed by atoms with van der Waals surface area (Å²) in [4.78, 5) is 0. The molecule has 1 N–H and O–H groups in total. The Labute approximate surface area is 88.4 Å². The van der Waals surface area contributed by atoms with Gasteiger partial charge in [-0.1, -0.05) is 19.8 Å². The van der Waals surface area contributed by atoms with E-state index in [-0.39, 0.29) is 0 Å². The van der Waals surface area contributed by atoms with E-state index < -0.39 is 0 Å². The van der Waals surface area contributed by atoms with Crippen molar-refractivity contribution in [2.45, 2.75) is 51.5 Å². The van der Waals surface area contributed by atoms with Gasteiger partial charge in [0.1, 0.15) is 0 Å². The maximum Gasteiger partial charge on any atom is 0.0462 e. The Morgan fingerprint density at radius 2 is 2.00 bits per heavy atom. The van der Waals surface area contributed by atoms with Crippen LogP contribution in [0.25, 0.3) is 0 Å². The van der Waals surface area contributed by atoms with Gasteiger partial charge < -0.3 is 10.1 Å². The predicted octanol–water partition coefficient (Wildman–Crippen LogP) is 2.58. The van der Waals surface area contributed by atoms with E-state index in [9.17, 15) is 0 Å². The molecule has 2 heteroatoms. The first kappa shape index (κ1) is 12.0. The average Bonchev–Trinajstić information content (AvgIpc) is 2.20. The van der Waals surface area contributed by atoms with E-state index in [4.69, 9.17) is 4.74 Å². The Morgan fingerprint density at radius 1 is 1.21 bits per heavy atom. The van der Waals surface area contributed by atoms with Gasteiger partial charge in [0.2, 0.25) is 0 Å². The molecular formula is C12H25NO. The van der Waals surface area contributed by atoms with Crippen molar-refractivity contribution in [2.24, 2.45) is 5.92 Å². The molecule has 0 saturated heterocycles. The van der Waals surface area contributed by atoms with Gasteiger partial charge >= 0.3 is 0 Å². The highest BCUT2D eigenvalue weighted by atomic mass is 16.5. The van der Waals surface area contributed by atoms with E-state index in [0.29, 0.717) is 0 Å².